The zero-order valence-corrected chi connectivity index (χ0v) is 13.7. The van der Waals surface area contributed by atoms with Crippen molar-refractivity contribution in [2.24, 2.45) is 0 Å². The molecule has 3 rings (SSSR count). The van der Waals surface area contributed by atoms with Crippen LogP contribution in [0.15, 0.2) is 41.4 Å². The van der Waals surface area contributed by atoms with Crippen LogP contribution in [0.2, 0.25) is 0 Å². The summed E-state index contributed by atoms with van der Waals surface area (Å²) in [5.74, 6) is -0.520. The molecule has 22 heavy (non-hydrogen) atoms. The molecule has 9 heteroatoms. The van der Waals surface area contributed by atoms with E-state index in [-0.39, 0.29) is 16.4 Å². The van der Waals surface area contributed by atoms with Crippen molar-refractivity contribution in [2.75, 3.05) is 11.5 Å². The van der Waals surface area contributed by atoms with Crippen LogP contribution in [0.4, 0.5) is 0 Å². The Bertz CT molecular complexity index is 923. The predicted octanol–water partition coefficient (Wildman–Crippen LogP) is 0.918. The van der Waals surface area contributed by atoms with Crippen LogP contribution in [0.3, 0.4) is 0 Å². The van der Waals surface area contributed by atoms with Gasteiger partial charge in [0, 0.05) is 11.6 Å². The van der Waals surface area contributed by atoms with Crippen molar-refractivity contribution in [2.45, 2.75) is 16.3 Å². The molecule has 1 aliphatic heterocycles. The molecule has 118 valence electrons. The van der Waals surface area contributed by atoms with Crippen LogP contribution in [0.25, 0.3) is 10.9 Å². The summed E-state index contributed by atoms with van der Waals surface area (Å²) < 4.78 is 50.6. The van der Waals surface area contributed by atoms with Crippen LogP contribution in [0, 0.1) is 0 Å². The molecule has 0 bridgehead atoms. The van der Waals surface area contributed by atoms with Gasteiger partial charge in [-0.2, -0.15) is 0 Å². The van der Waals surface area contributed by atoms with Crippen molar-refractivity contribution < 1.29 is 16.8 Å². The first-order valence-corrected chi connectivity index (χ1v) is 10.2. The number of para-hydroxylation sites is 1. The molecular weight excluding hydrogens is 348 g/mol. The summed E-state index contributed by atoms with van der Waals surface area (Å²) in [6, 6.07) is 7.43. The molecule has 0 radical (unpaired) electrons. The lowest BCUT2D eigenvalue weighted by Gasteiger charge is -2.15. The molecule has 2 aromatic rings. The number of rotatable bonds is 3. The number of alkyl halides is 1. The fourth-order valence-electron chi connectivity index (χ4n) is 2.47. The largest absolute Gasteiger partial charge is 0.255 e. The first-order valence-electron chi connectivity index (χ1n) is 6.49. The molecule has 0 saturated carbocycles. The smallest absolute Gasteiger partial charge is 0.243 e. The number of sulfonamides is 1. The summed E-state index contributed by atoms with van der Waals surface area (Å²) in [5, 5.41) is -0.0884. The van der Waals surface area contributed by atoms with E-state index in [0.29, 0.717) is 10.9 Å². The Hall–Kier alpha value is -1.22. The van der Waals surface area contributed by atoms with Gasteiger partial charge in [-0.25, -0.2) is 21.6 Å². The van der Waals surface area contributed by atoms with Crippen LogP contribution >= 0.6 is 11.6 Å². The summed E-state index contributed by atoms with van der Waals surface area (Å²) in [6.07, 6.45) is 1.51. The standard InChI is InChI=1S/C13H13ClN2O4S2/c14-10-7-21(17,18)8-11(10)16-22(19,20)12-5-1-3-9-4-2-6-15-13(9)12/h1-6,10-11,16H,7-8H2/t10-,11+/m0/s1. The summed E-state index contributed by atoms with van der Waals surface area (Å²) in [5.41, 5.74) is 0.337. The van der Waals surface area contributed by atoms with Gasteiger partial charge < -0.3 is 0 Å². The first-order chi connectivity index (χ1) is 10.3. The van der Waals surface area contributed by atoms with Crippen LogP contribution in [-0.2, 0) is 19.9 Å². The average Bonchev–Trinajstić information content (AvgIpc) is 2.70. The van der Waals surface area contributed by atoms with Gasteiger partial charge in [-0.15, -0.1) is 11.6 Å². The van der Waals surface area contributed by atoms with E-state index < -0.39 is 31.3 Å². The van der Waals surface area contributed by atoms with E-state index in [2.05, 4.69) is 9.71 Å². The highest BCUT2D eigenvalue weighted by atomic mass is 35.5. The van der Waals surface area contributed by atoms with Gasteiger partial charge in [0.05, 0.1) is 28.4 Å². The fourth-order valence-corrected chi connectivity index (χ4v) is 6.65. The molecule has 6 nitrogen and oxygen atoms in total. The highest BCUT2D eigenvalue weighted by molar-refractivity contribution is 7.92. The Labute approximate surface area is 133 Å². The number of hydrogen-bond acceptors (Lipinski definition) is 5. The van der Waals surface area contributed by atoms with Crippen molar-refractivity contribution in [3.05, 3.63) is 36.5 Å². The van der Waals surface area contributed by atoms with E-state index in [9.17, 15) is 16.8 Å². The van der Waals surface area contributed by atoms with Crippen LogP contribution in [0.1, 0.15) is 0 Å². The zero-order chi connectivity index (χ0) is 16.0. The Morgan fingerprint density at radius 3 is 2.59 bits per heavy atom. The molecular formula is C13H13ClN2O4S2. The Morgan fingerprint density at radius 2 is 1.91 bits per heavy atom. The summed E-state index contributed by atoms with van der Waals surface area (Å²) >= 11 is 5.95. The quantitative estimate of drug-likeness (QED) is 0.821. The zero-order valence-electron chi connectivity index (χ0n) is 11.3. The lowest BCUT2D eigenvalue weighted by atomic mass is 10.2. The van der Waals surface area contributed by atoms with Gasteiger partial charge in [0.1, 0.15) is 4.90 Å². The molecule has 0 amide bonds. The normalized spacial score (nSPS) is 24.6. The molecule has 0 aliphatic carbocycles. The third-order valence-electron chi connectivity index (χ3n) is 3.47. The van der Waals surface area contributed by atoms with Crippen molar-refractivity contribution in [1.82, 2.24) is 9.71 Å². The number of benzene rings is 1. The Morgan fingerprint density at radius 1 is 1.18 bits per heavy atom. The molecule has 2 heterocycles. The molecule has 0 spiro atoms. The van der Waals surface area contributed by atoms with Crippen LogP contribution in [0.5, 0.6) is 0 Å². The second-order valence-electron chi connectivity index (χ2n) is 5.15. The number of aromatic nitrogens is 1. The Balaban J connectivity index is 1.99. The topological polar surface area (TPSA) is 93.2 Å². The van der Waals surface area contributed by atoms with Crippen LogP contribution in [-0.4, -0.2) is 44.7 Å². The second-order valence-corrected chi connectivity index (χ2v) is 9.55. The Kier molecular flexibility index (Phi) is 3.88. The minimum absolute atomic E-state index is 0.0127. The molecule has 1 aliphatic rings. The van der Waals surface area contributed by atoms with Gasteiger partial charge in [-0.1, -0.05) is 18.2 Å². The first kappa shape index (κ1) is 15.7. The molecule has 1 aromatic carbocycles. The third-order valence-corrected chi connectivity index (χ3v) is 7.37. The predicted molar refractivity (Wildman–Crippen MR) is 84.1 cm³/mol. The van der Waals surface area contributed by atoms with E-state index in [0.717, 1.165) is 0 Å². The van der Waals surface area contributed by atoms with Crippen molar-refractivity contribution >= 4 is 42.4 Å². The lowest BCUT2D eigenvalue weighted by molar-refractivity contribution is 0.564. The maximum absolute atomic E-state index is 12.6. The van der Waals surface area contributed by atoms with E-state index in [1.165, 1.54) is 12.3 Å². The molecule has 1 aromatic heterocycles. The lowest BCUT2D eigenvalue weighted by Crippen LogP contribution is -2.40. The molecule has 1 N–H and O–H groups in total. The monoisotopic (exact) mass is 360 g/mol. The molecule has 1 fully saturated rings. The van der Waals surface area contributed by atoms with Gasteiger partial charge in [0.25, 0.3) is 0 Å². The number of fused-ring (bicyclic) bond motifs is 1. The maximum Gasteiger partial charge on any atom is 0.243 e. The average molecular weight is 361 g/mol. The number of nitrogens with zero attached hydrogens (tertiary/aromatic N) is 1. The van der Waals surface area contributed by atoms with E-state index in [1.807, 2.05) is 0 Å². The van der Waals surface area contributed by atoms with E-state index in [4.69, 9.17) is 11.6 Å². The number of hydrogen-bond donors (Lipinski definition) is 1. The van der Waals surface area contributed by atoms with Crippen LogP contribution < -0.4 is 4.72 Å². The summed E-state index contributed by atoms with van der Waals surface area (Å²) in [7, 11) is -7.23. The molecule has 2 atom stereocenters. The van der Waals surface area contributed by atoms with Gasteiger partial charge >= 0.3 is 0 Å². The summed E-state index contributed by atoms with van der Waals surface area (Å²) in [4.78, 5) is 4.11. The molecule has 0 unspecified atom stereocenters. The number of nitrogens with one attached hydrogen (secondary N) is 1. The second kappa shape index (κ2) is 5.45. The SMILES string of the molecule is O=S1(=O)C[C@H](Cl)[C@H](NS(=O)(=O)c2cccc3cccnc23)C1. The van der Waals surface area contributed by atoms with E-state index >= 15 is 0 Å². The van der Waals surface area contributed by atoms with Gasteiger partial charge in [0.2, 0.25) is 10.0 Å². The molecule has 1 saturated heterocycles. The van der Waals surface area contributed by atoms with Gasteiger partial charge in [-0.3, -0.25) is 4.98 Å². The van der Waals surface area contributed by atoms with Crippen molar-refractivity contribution in [3.63, 3.8) is 0 Å². The minimum atomic E-state index is -3.91. The maximum atomic E-state index is 12.6. The van der Waals surface area contributed by atoms with Crippen molar-refractivity contribution in [3.8, 4) is 0 Å². The van der Waals surface area contributed by atoms with E-state index in [1.54, 1.807) is 24.3 Å². The fraction of sp³-hybridized carbons (Fsp3) is 0.308. The highest BCUT2D eigenvalue weighted by Crippen LogP contribution is 2.24. The third kappa shape index (κ3) is 2.96. The minimum Gasteiger partial charge on any atom is -0.255 e. The van der Waals surface area contributed by atoms with Gasteiger partial charge in [-0.05, 0) is 12.1 Å². The highest BCUT2D eigenvalue weighted by Gasteiger charge is 2.39. The summed E-state index contributed by atoms with van der Waals surface area (Å²) in [6.45, 7) is 0. The number of halogens is 1. The van der Waals surface area contributed by atoms with Crippen molar-refractivity contribution in [1.29, 1.82) is 0 Å². The van der Waals surface area contributed by atoms with Gasteiger partial charge in [0.15, 0.2) is 9.84 Å². The number of sulfone groups is 1. The number of pyridine rings is 1.